The molecule has 0 aliphatic heterocycles. The van der Waals surface area contributed by atoms with Gasteiger partial charge in [-0.3, -0.25) is 0 Å². The van der Waals surface area contributed by atoms with Gasteiger partial charge in [-0.2, -0.15) is 10.3 Å². The zero-order valence-corrected chi connectivity index (χ0v) is 13.5. The van der Waals surface area contributed by atoms with Crippen molar-refractivity contribution in [2.24, 2.45) is 0 Å². The summed E-state index contributed by atoms with van der Waals surface area (Å²) in [4.78, 5) is 1.04. The molecule has 0 bridgehead atoms. The molecule has 0 unspecified atom stereocenters. The maximum Gasteiger partial charge on any atom is 0.208 e. The Morgan fingerprint density at radius 1 is 1.09 bits per heavy atom. The van der Waals surface area contributed by atoms with Gasteiger partial charge in [-0.05, 0) is 45.4 Å². The Morgan fingerprint density at radius 3 is 2.64 bits per heavy atom. The van der Waals surface area contributed by atoms with Crippen molar-refractivity contribution in [3.63, 3.8) is 0 Å². The number of benzene rings is 1. The number of tetrazole rings is 1. The normalized spacial score (nSPS) is 11.0. The summed E-state index contributed by atoms with van der Waals surface area (Å²) in [5, 5.41) is 19.0. The third kappa shape index (κ3) is 2.36. The molecule has 3 aromatic heterocycles. The molecule has 6 nitrogen and oxygen atoms in total. The van der Waals surface area contributed by atoms with E-state index in [0.29, 0.717) is 5.82 Å². The fourth-order valence-electron chi connectivity index (χ4n) is 2.15. The van der Waals surface area contributed by atoms with Crippen LogP contribution < -0.4 is 0 Å². The summed E-state index contributed by atoms with van der Waals surface area (Å²) in [5.74, 6) is 0.529. The van der Waals surface area contributed by atoms with Crippen LogP contribution in [0.5, 0.6) is 0 Å². The SMILES string of the molecule is Brc1ccc(-c2nn(-c3ccccc3)cc2-c2nn[nH]n2)s1. The van der Waals surface area contributed by atoms with Crippen molar-refractivity contribution in [1.29, 1.82) is 0 Å². The Labute approximate surface area is 137 Å². The van der Waals surface area contributed by atoms with Gasteiger partial charge in [0.25, 0.3) is 0 Å². The second-order valence-corrected chi connectivity index (χ2v) is 6.97. The van der Waals surface area contributed by atoms with Crippen molar-refractivity contribution in [2.75, 3.05) is 0 Å². The first-order chi connectivity index (χ1) is 10.8. The third-order valence-electron chi connectivity index (χ3n) is 3.13. The first kappa shape index (κ1) is 13.4. The van der Waals surface area contributed by atoms with Gasteiger partial charge >= 0.3 is 0 Å². The molecule has 0 saturated heterocycles. The maximum absolute atomic E-state index is 4.70. The minimum Gasteiger partial charge on any atom is -0.240 e. The zero-order valence-electron chi connectivity index (χ0n) is 11.1. The fourth-order valence-corrected chi connectivity index (χ4v) is 3.54. The summed E-state index contributed by atoms with van der Waals surface area (Å²) in [6, 6.07) is 14.0. The highest BCUT2D eigenvalue weighted by Crippen LogP contribution is 2.36. The van der Waals surface area contributed by atoms with Crippen LogP contribution in [-0.2, 0) is 0 Å². The summed E-state index contributed by atoms with van der Waals surface area (Å²) < 4.78 is 2.88. The van der Waals surface area contributed by atoms with E-state index in [1.807, 2.05) is 53.3 Å². The van der Waals surface area contributed by atoms with Gasteiger partial charge < -0.3 is 0 Å². The van der Waals surface area contributed by atoms with Gasteiger partial charge in [-0.25, -0.2) is 4.68 Å². The lowest BCUT2D eigenvalue weighted by atomic mass is 10.2. The molecule has 22 heavy (non-hydrogen) atoms. The number of rotatable bonds is 3. The zero-order chi connectivity index (χ0) is 14.9. The van der Waals surface area contributed by atoms with Crippen molar-refractivity contribution in [3.8, 4) is 27.6 Å². The molecule has 1 N–H and O–H groups in total. The van der Waals surface area contributed by atoms with Crippen LogP contribution in [0.4, 0.5) is 0 Å². The highest BCUT2D eigenvalue weighted by atomic mass is 79.9. The van der Waals surface area contributed by atoms with Crippen LogP contribution in [0.15, 0.2) is 52.4 Å². The van der Waals surface area contributed by atoms with Crippen LogP contribution in [0.3, 0.4) is 0 Å². The number of aromatic nitrogens is 6. The summed E-state index contributed by atoms with van der Waals surface area (Å²) in [5.41, 5.74) is 2.65. The van der Waals surface area contributed by atoms with E-state index in [1.165, 1.54) is 0 Å². The Kier molecular flexibility index (Phi) is 3.32. The summed E-state index contributed by atoms with van der Waals surface area (Å²) in [7, 11) is 0. The second-order valence-electron chi connectivity index (χ2n) is 4.51. The predicted octanol–water partition coefficient (Wildman–Crippen LogP) is 3.54. The topological polar surface area (TPSA) is 72.3 Å². The average Bonchev–Trinajstić information content (AvgIpc) is 3.27. The van der Waals surface area contributed by atoms with Gasteiger partial charge in [0.1, 0.15) is 5.69 Å². The van der Waals surface area contributed by atoms with Crippen LogP contribution in [0.2, 0.25) is 0 Å². The number of aromatic amines is 1. The van der Waals surface area contributed by atoms with Crippen molar-refractivity contribution in [3.05, 3.63) is 52.4 Å². The summed E-state index contributed by atoms with van der Waals surface area (Å²) >= 11 is 5.10. The smallest absolute Gasteiger partial charge is 0.208 e. The van der Waals surface area contributed by atoms with Crippen LogP contribution in [0.25, 0.3) is 27.6 Å². The third-order valence-corrected chi connectivity index (χ3v) is 4.76. The standard InChI is InChI=1S/C14H9BrN6S/c15-12-7-6-11(22-12)13-10(14-16-19-20-17-14)8-21(18-13)9-4-2-1-3-5-9/h1-8H,(H,16,17,19,20). The highest BCUT2D eigenvalue weighted by molar-refractivity contribution is 9.11. The molecule has 0 aliphatic carbocycles. The molecule has 0 saturated carbocycles. The molecule has 4 rings (SSSR count). The molecule has 0 fully saturated rings. The Hall–Kier alpha value is -2.32. The molecule has 3 heterocycles. The monoisotopic (exact) mass is 372 g/mol. The maximum atomic E-state index is 4.70. The molecule has 108 valence electrons. The van der Waals surface area contributed by atoms with Gasteiger partial charge in [0.05, 0.1) is 19.9 Å². The van der Waals surface area contributed by atoms with Gasteiger partial charge in [0.15, 0.2) is 0 Å². The number of nitrogens with one attached hydrogen (secondary N) is 1. The first-order valence-electron chi connectivity index (χ1n) is 6.46. The van der Waals surface area contributed by atoms with Crippen LogP contribution in [0.1, 0.15) is 0 Å². The van der Waals surface area contributed by atoms with Crippen LogP contribution in [0, 0.1) is 0 Å². The molecule has 4 aromatic rings. The lowest BCUT2D eigenvalue weighted by Gasteiger charge is -1.98. The van der Waals surface area contributed by atoms with Crippen molar-refractivity contribution in [2.45, 2.75) is 0 Å². The van der Waals surface area contributed by atoms with E-state index >= 15 is 0 Å². The molecular formula is C14H9BrN6S. The average molecular weight is 373 g/mol. The molecule has 0 spiro atoms. The van der Waals surface area contributed by atoms with Gasteiger partial charge in [0.2, 0.25) is 5.82 Å². The van der Waals surface area contributed by atoms with E-state index in [0.717, 1.165) is 25.6 Å². The number of thiophene rings is 1. The lowest BCUT2D eigenvalue weighted by Crippen LogP contribution is -1.93. The summed E-state index contributed by atoms with van der Waals surface area (Å²) in [6.45, 7) is 0. The lowest BCUT2D eigenvalue weighted by molar-refractivity contribution is 0.881. The Bertz CT molecular complexity index is 897. The van der Waals surface area contributed by atoms with Crippen molar-refractivity contribution >= 4 is 27.3 Å². The fraction of sp³-hybridized carbons (Fsp3) is 0. The molecule has 0 atom stereocenters. The number of H-pyrrole nitrogens is 1. The number of halogens is 1. The van der Waals surface area contributed by atoms with Crippen molar-refractivity contribution < 1.29 is 0 Å². The Morgan fingerprint density at radius 2 is 1.95 bits per heavy atom. The molecule has 0 amide bonds. The minimum atomic E-state index is 0.529. The van der Waals surface area contributed by atoms with E-state index in [1.54, 1.807) is 11.3 Å². The first-order valence-corrected chi connectivity index (χ1v) is 8.07. The van der Waals surface area contributed by atoms with E-state index < -0.39 is 0 Å². The second kappa shape index (κ2) is 5.47. The van der Waals surface area contributed by atoms with Gasteiger partial charge in [-0.1, -0.05) is 18.2 Å². The number of hydrogen-bond donors (Lipinski definition) is 1. The van der Waals surface area contributed by atoms with Crippen LogP contribution in [-0.4, -0.2) is 30.4 Å². The molecule has 1 aromatic carbocycles. The Balaban J connectivity index is 1.90. The largest absolute Gasteiger partial charge is 0.240 e. The number of nitrogens with zero attached hydrogens (tertiary/aromatic N) is 5. The minimum absolute atomic E-state index is 0.529. The molecule has 0 aliphatic rings. The number of para-hydroxylation sites is 1. The van der Waals surface area contributed by atoms with Crippen LogP contribution >= 0.6 is 27.3 Å². The van der Waals surface area contributed by atoms with E-state index in [-0.39, 0.29) is 0 Å². The molecule has 0 radical (unpaired) electrons. The molecular weight excluding hydrogens is 364 g/mol. The summed E-state index contributed by atoms with van der Waals surface area (Å²) in [6.07, 6.45) is 1.92. The van der Waals surface area contributed by atoms with E-state index in [9.17, 15) is 0 Å². The predicted molar refractivity (Wildman–Crippen MR) is 87.7 cm³/mol. The quantitative estimate of drug-likeness (QED) is 0.596. The number of hydrogen-bond acceptors (Lipinski definition) is 5. The van der Waals surface area contributed by atoms with Gasteiger partial charge in [0, 0.05) is 6.20 Å². The highest BCUT2D eigenvalue weighted by Gasteiger charge is 2.18. The van der Waals surface area contributed by atoms with E-state index in [4.69, 9.17) is 5.10 Å². The molecule has 8 heteroatoms. The van der Waals surface area contributed by atoms with E-state index in [2.05, 4.69) is 36.6 Å². The van der Waals surface area contributed by atoms with Crippen molar-refractivity contribution in [1.82, 2.24) is 30.4 Å². The van der Waals surface area contributed by atoms with Gasteiger partial charge in [-0.15, -0.1) is 21.5 Å².